The summed E-state index contributed by atoms with van der Waals surface area (Å²) in [6, 6.07) is 0. The second-order valence-corrected chi connectivity index (χ2v) is 8.64. The molecule has 0 spiro atoms. The van der Waals surface area contributed by atoms with Gasteiger partial charge in [-0.1, -0.05) is 13.8 Å². The third kappa shape index (κ3) is 7.99. The minimum absolute atomic E-state index is 0.0443. The largest absolute Gasteiger partial charge is 0.480 e. The van der Waals surface area contributed by atoms with Crippen molar-refractivity contribution in [2.45, 2.75) is 39.7 Å². The van der Waals surface area contributed by atoms with Crippen molar-refractivity contribution in [3.63, 3.8) is 0 Å². The Kier molecular flexibility index (Phi) is 8.46. The first kappa shape index (κ1) is 22.8. The molecule has 1 aliphatic heterocycles. The van der Waals surface area contributed by atoms with E-state index in [1.165, 1.54) is 0 Å². The quantitative estimate of drug-likeness (QED) is 0.557. The highest BCUT2D eigenvalue weighted by Gasteiger charge is 2.34. The summed E-state index contributed by atoms with van der Waals surface area (Å²) < 4.78 is 0. The minimum Gasteiger partial charge on any atom is -0.480 e. The minimum atomic E-state index is -0.874. The Morgan fingerprint density at radius 1 is 0.808 bits per heavy atom. The van der Waals surface area contributed by atoms with E-state index in [1.807, 2.05) is 23.6 Å². The first-order valence-electron chi connectivity index (χ1n) is 9.19. The molecule has 1 rings (SSSR count). The fourth-order valence-electron chi connectivity index (χ4n) is 3.79. The van der Waals surface area contributed by atoms with Gasteiger partial charge in [0.05, 0.1) is 13.1 Å². The topological polar surface area (TPSA) is 105 Å². The number of aliphatic hydroxyl groups is 1. The van der Waals surface area contributed by atoms with Crippen LogP contribution in [0.5, 0.6) is 0 Å². The van der Waals surface area contributed by atoms with Gasteiger partial charge in [-0.25, -0.2) is 0 Å². The standard InChI is InChI=1S/C18H35N3O5/c1-17(2,14-22)13-18(3,4)21-9-7-19(11-15(23)24)5-6-20(8-10-21)12-16(25)26/h22H,5-14H2,1-4H3,(H,23,24)(H,25,26). The van der Waals surface area contributed by atoms with Crippen LogP contribution >= 0.6 is 0 Å². The van der Waals surface area contributed by atoms with Gasteiger partial charge >= 0.3 is 11.9 Å². The van der Waals surface area contributed by atoms with E-state index in [4.69, 9.17) is 10.2 Å². The van der Waals surface area contributed by atoms with Gasteiger partial charge in [0.25, 0.3) is 0 Å². The van der Waals surface area contributed by atoms with E-state index in [2.05, 4.69) is 18.7 Å². The van der Waals surface area contributed by atoms with E-state index in [0.29, 0.717) is 39.3 Å². The van der Waals surface area contributed by atoms with Crippen LogP contribution in [-0.2, 0) is 9.59 Å². The molecular weight excluding hydrogens is 338 g/mol. The number of aliphatic carboxylic acids is 2. The number of carbonyl (C=O) groups is 2. The summed E-state index contributed by atoms with van der Waals surface area (Å²) in [5.41, 5.74) is -0.413. The summed E-state index contributed by atoms with van der Waals surface area (Å²) in [6.07, 6.45) is 0.786. The molecule has 152 valence electrons. The van der Waals surface area contributed by atoms with Crippen molar-refractivity contribution in [1.29, 1.82) is 0 Å². The van der Waals surface area contributed by atoms with Gasteiger partial charge in [0.2, 0.25) is 0 Å². The van der Waals surface area contributed by atoms with E-state index in [9.17, 15) is 14.7 Å². The first-order valence-corrected chi connectivity index (χ1v) is 9.19. The molecule has 1 saturated heterocycles. The van der Waals surface area contributed by atoms with Crippen LogP contribution in [-0.4, -0.2) is 106 Å². The highest BCUT2D eigenvalue weighted by Crippen LogP contribution is 2.31. The van der Waals surface area contributed by atoms with Crippen molar-refractivity contribution in [3.8, 4) is 0 Å². The molecule has 1 fully saturated rings. The van der Waals surface area contributed by atoms with Crippen molar-refractivity contribution >= 4 is 11.9 Å². The lowest BCUT2D eigenvalue weighted by Crippen LogP contribution is -2.51. The molecule has 0 bridgehead atoms. The molecule has 0 amide bonds. The molecule has 0 unspecified atom stereocenters. The zero-order valence-corrected chi connectivity index (χ0v) is 16.6. The van der Waals surface area contributed by atoms with Gasteiger partial charge in [0, 0.05) is 51.4 Å². The molecular formula is C18H35N3O5. The molecule has 0 atom stereocenters. The van der Waals surface area contributed by atoms with Crippen LogP contribution in [0.15, 0.2) is 0 Å². The van der Waals surface area contributed by atoms with Crippen LogP contribution < -0.4 is 0 Å². The Labute approximate surface area is 156 Å². The van der Waals surface area contributed by atoms with E-state index in [-0.39, 0.29) is 30.7 Å². The maximum Gasteiger partial charge on any atom is 0.317 e. The molecule has 1 aliphatic rings. The second kappa shape index (κ2) is 9.64. The number of hydrogen-bond donors (Lipinski definition) is 3. The van der Waals surface area contributed by atoms with Crippen LogP contribution in [0.1, 0.15) is 34.1 Å². The van der Waals surface area contributed by atoms with Crippen molar-refractivity contribution in [1.82, 2.24) is 14.7 Å². The second-order valence-electron chi connectivity index (χ2n) is 8.64. The number of carboxylic acid groups (broad SMARTS) is 2. The van der Waals surface area contributed by atoms with E-state index in [0.717, 1.165) is 6.42 Å². The Balaban J connectivity index is 2.92. The summed E-state index contributed by atoms with van der Waals surface area (Å²) in [4.78, 5) is 28.3. The van der Waals surface area contributed by atoms with Gasteiger partial charge in [-0.3, -0.25) is 24.3 Å². The maximum absolute atomic E-state index is 11.1. The molecule has 0 saturated carbocycles. The van der Waals surface area contributed by atoms with Crippen molar-refractivity contribution in [2.24, 2.45) is 5.41 Å². The van der Waals surface area contributed by atoms with Crippen LogP contribution in [0.3, 0.4) is 0 Å². The highest BCUT2D eigenvalue weighted by molar-refractivity contribution is 5.69. The first-order chi connectivity index (χ1) is 11.9. The van der Waals surface area contributed by atoms with Crippen molar-refractivity contribution in [2.75, 3.05) is 59.0 Å². The number of rotatable bonds is 8. The van der Waals surface area contributed by atoms with Gasteiger partial charge in [-0.15, -0.1) is 0 Å². The third-order valence-corrected chi connectivity index (χ3v) is 5.02. The van der Waals surface area contributed by atoms with Crippen LogP contribution in [0, 0.1) is 5.41 Å². The molecule has 3 N–H and O–H groups in total. The number of nitrogens with zero attached hydrogens (tertiary/aromatic N) is 3. The van der Waals surface area contributed by atoms with Gasteiger partial charge in [0.15, 0.2) is 0 Å². The van der Waals surface area contributed by atoms with Gasteiger partial charge in [-0.05, 0) is 25.7 Å². The van der Waals surface area contributed by atoms with Crippen LogP contribution in [0.4, 0.5) is 0 Å². The van der Waals surface area contributed by atoms with Gasteiger partial charge in [0.1, 0.15) is 0 Å². The molecule has 0 aliphatic carbocycles. The van der Waals surface area contributed by atoms with Crippen molar-refractivity contribution < 1.29 is 24.9 Å². The molecule has 8 nitrogen and oxygen atoms in total. The molecule has 0 aromatic heterocycles. The lowest BCUT2D eigenvalue weighted by atomic mass is 9.79. The summed E-state index contributed by atoms with van der Waals surface area (Å²) in [6.45, 7) is 12.1. The lowest BCUT2D eigenvalue weighted by molar-refractivity contribution is -0.140. The summed E-state index contributed by atoms with van der Waals surface area (Å²) in [5.74, 6) is -1.75. The predicted octanol–water partition coefficient (Wildman–Crippen LogP) is 0.262. The average molecular weight is 373 g/mol. The maximum atomic E-state index is 11.1. The Hall–Kier alpha value is -1.22. The van der Waals surface area contributed by atoms with E-state index >= 15 is 0 Å². The number of aliphatic hydroxyl groups excluding tert-OH is 1. The molecule has 8 heteroatoms. The zero-order valence-electron chi connectivity index (χ0n) is 16.6. The summed E-state index contributed by atoms with van der Waals surface area (Å²) in [5, 5.41) is 27.9. The fraction of sp³-hybridized carbons (Fsp3) is 0.889. The summed E-state index contributed by atoms with van der Waals surface area (Å²) in [7, 11) is 0. The van der Waals surface area contributed by atoms with Gasteiger partial charge < -0.3 is 15.3 Å². The normalized spacial score (nSPS) is 19.6. The Morgan fingerprint density at radius 3 is 1.54 bits per heavy atom. The SMILES string of the molecule is CC(C)(CO)CC(C)(C)N1CCN(CC(=O)O)CCN(CC(=O)O)CC1. The number of hydrogen-bond acceptors (Lipinski definition) is 6. The van der Waals surface area contributed by atoms with Crippen LogP contribution in [0.25, 0.3) is 0 Å². The van der Waals surface area contributed by atoms with Gasteiger partial charge in [-0.2, -0.15) is 0 Å². The smallest absolute Gasteiger partial charge is 0.317 e. The molecule has 26 heavy (non-hydrogen) atoms. The highest BCUT2D eigenvalue weighted by atomic mass is 16.4. The van der Waals surface area contributed by atoms with E-state index in [1.54, 1.807) is 0 Å². The third-order valence-electron chi connectivity index (χ3n) is 5.02. The monoisotopic (exact) mass is 373 g/mol. The van der Waals surface area contributed by atoms with Crippen molar-refractivity contribution in [3.05, 3.63) is 0 Å². The average Bonchev–Trinajstić information content (AvgIpc) is 2.57. The molecule has 0 aromatic rings. The van der Waals surface area contributed by atoms with Crippen LogP contribution in [0.2, 0.25) is 0 Å². The lowest BCUT2D eigenvalue weighted by Gasteiger charge is -2.43. The zero-order chi connectivity index (χ0) is 20.0. The molecule has 0 aromatic carbocycles. The Morgan fingerprint density at radius 2 is 1.19 bits per heavy atom. The Bertz CT molecular complexity index is 453. The molecule has 1 heterocycles. The number of carboxylic acids is 2. The predicted molar refractivity (Wildman–Crippen MR) is 99.3 cm³/mol. The van der Waals surface area contributed by atoms with E-state index < -0.39 is 11.9 Å². The molecule has 0 radical (unpaired) electrons. The fourth-order valence-corrected chi connectivity index (χ4v) is 3.79. The summed E-state index contributed by atoms with van der Waals surface area (Å²) >= 11 is 0.